The molecule has 0 fully saturated rings. The highest BCUT2D eigenvalue weighted by atomic mass is 32.2. The van der Waals surface area contributed by atoms with Crippen LogP contribution < -0.4 is 0 Å². The van der Waals surface area contributed by atoms with Gasteiger partial charge < -0.3 is 9.52 Å². The lowest BCUT2D eigenvalue weighted by atomic mass is 10.3. The number of aliphatic hydroxyl groups is 1. The summed E-state index contributed by atoms with van der Waals surface area (Å²) in [7, 11) is -1.95. The lowest BCUT2D eigenvalue weighted by molar-refractivity contribution is 0.290. The van der Waals surface area contributed by atoms with E-state index in [0.29, 0.717) is 5.76 Å². The molecule has 0 amide bonds. The molecule has 0 aliphatic rings. The standard InChI is InChI=1S/C10H17NO4S/c1-8(7-12)16(13,14)11(3)6-10-4-5-15-9(10)2/h4-5,8,12H,6-7H2,1-3H3. The summed E-state index contributed by atoms with van der Waals surface area (Å²) in [5.41, 5.74) is 0.830. The molecule has 1 aromatic rings. The summed E-state index contributed by atoms with van der Waals surface area (Å²) >= 11 is 0. The lowest BCUT2D eigenvalue weighted by Crippen LogP contribution is -2.36. The number of sulfonamides is 1. The Bertz CT molecular complexity index is 437. The number of furan rings is 1. The Hall–Kier alpha value is -0.850. The first-order chi connectivity index (χ1) is 7.39. The third-order valence-corrected chi connectivity index (χ3v) is 4.72. The van der Waals surface area contributed by atoms with Crippen molar-refractivity contribution < 1.29 is 17.9 Å². The molecular weight excluding hydrogens is 230 g/mol. The van der Waals surface area contributed by atoms with E-state index in [-0.39, 0.29) is 13.2 Å². The first kappa shape index (κ1) is 13.2. The Morgan fingerprint density at radius 1 is 1.56 bits per heavy atom. The summed E-state index contributed by atoms with van der Waals surface area (Å²) in [6.45, 7) is 3.14. The molecule has 1 aromatic heterocycles. The molecule has 0 saturated heterocycles. The van der Waals surface area contributed by atoms with Gasteiger partial charge in [0.25, 0.3) is 0 Å². The van der Waals surface area contributed by atoms with Gasteiger partial charge in [-0.25, -0.2) is 12.7 Å². The van der Waals surface area contributed by atoms with E-state index in [9.17, 15) is 8.42 Å². The van der Waals surface area contributed by atoms with Crippen LogP contribution in [0.25, 0.3) is 0 Å². The molecule has 0 radical (unpaired) electrons. The molecule has 6 heteroatoms. The molecule has 0 saturated carbocycles. The van der Waals surface area contributed by atoms with Gasteiger partial charge in [-0.3, -0.25) is 0 Å². The van der Waals surface area contributed by atoms with Gasteiger partial charge in [-0.2, -0.15) is 0 Å². The van der Waals surface area contributed by atoms with Gasteiger partial charge in [0.2, 0.25) is 10.0 Å². The quantitative estimate of drug-likeness (QED) is 0.832. The van der Waals surface area contributed by atoms with Gasteiger partial charge in [0, 0.05) is 19.2 Å². The molecule has 0 aliphatic carbocycles. The van der Waals surface area contributed by atoms with E-state index >= 15 is 0 Å². The van der Waals surface area contributed by atoms with Crippen LogP contribution in [0.5, 0.6) is 0 Å². The molecule has 92 valence electrons. The molecule has 0 spiro atoms. The first-order valence-corrected chi connectivity index (χ1v) is 6.49. The number of aliphatic hydroxyl groups excluding tert-OH is 1. The minimum atomic E-state index is -3.44. The number of aryl methyl sites for hydroxylation is 1. The van der Waals surface area contributed by atoms with Crippen LogP contribution >= 0.6 is 0 Å². The Labute approximate surface area is 95.7 Å². The lowest BCUT2D eigenvalue weighted by Gasteiger charge is -2.20. The van der Waals surface area contributed by atoms with Crippen molar-refractivity contribution >= 4 is 10.0 Å². The van der Waals surface area contributed by atoms with Crippen LogP contribution in [0.15, 0.2) is 16.7 Å². The molecule has 1 unspecified atom stereocenters. The van der Waals surface area contributed by atoms with Crippen LogP contribution in [0, 0.1) is 6.92 Å². The molecule has 1 heterocycles. The number of nitrogens with zero attached hydrogens (tertiary/aromatic N) is 1. The topological polar surface area (TPSA) is 70.8 Å². The van der Waals surface area contributed by atoms with E-state index in [4.69, 9.17) is 9.52 Å². The largest absolute Gasteiger partial charge is 0.469 e. The second-order valence-electron chi connectivity index (χ2n) is 3.80. The maximum absolute atomic E-state index is 11.8. The van der Waals surface area contributed by atoms with Gasteiger partial charge in [0.15, 0.2) is 0 Å². The van der Waals surface area contributed by atoms with Crippen LogP contribution in [-0.2, 0) is 16.6 Å². The van der Waals surface area contributed by atoms with Crippen molar-refractivity contribution in [2.24, 2.45) is 0 Å². The minimum Gasteiger partial charge on any atom is -0.469 e. The molecule has 0 aromatic carbocycles. The second-order valence-corrected chi connectivity index (χ2v) is 6.25. The van der Waals surface area contributed by atoms with Gasteiger partial charge in [-0.15, -0.1) is 0 Å². The van der Waals surface area contributed by atoms with Crippen molar-refractivity contribution in [1.29, 1.82) is 0 Å². The summed E-state index contributed by atoms with van der Waals surface area (Å²) in [5.74, 6) is 0.707. The summed E-state index contributed by atoms with van der Waals surface area (Å²) in [6.07, 6.45) is 1.53. The average Bonchev–Trinajstić information content (AvgIpc) is 2.63. The van der Waals surface area contributed by atoms with E-state index in [1.807, 2.05) is 0 Å². The zero-order valence-electron chi connectivity index (χ0n) is 9.67. The predicted octanol–water partition coefficient (Wildman–Crippen LogP) is 0.730. The van der Waals surface area contributed by atoms with E-state index in [2.05, 4.69) is 0 Å². The Kier molecular flexibility index (Phi) is 4.12. The van der Waals surface area contributed by atoms with Crippen LogP contribution in [-0.4, -0.2) is 36.7 Å². The Morgan fingerprint density at radius 3 is 2.62 bits per heavy atom. The number of hydrogen-bond donors (Lipinski definition) is 1. The number of hydrogen-bond acceptors (Lipinski definition) is 4. The van der Waals surface area contributed by atoms with E-state index in [1.54, 1.807) is 13.0 Å². The summed E-state index contributed by atoms with van der Waals surface area (Å²) < 4.78 is 30.0. The molecule has 5 nitrogen and oxygen atoms in total. The van der Waals surface area contributed by atoms with E-state index in [0.717, 1.165) is 5.56 Å². The fourth-order valence-corrected chi connectivity index (χ4v) is 2.43. The SMILES string of the molecule is Cc1occc1CN(C)S(=O)(=O)C(C)CO. The molecule has 0 aliphatic heterocycles. The Morgan fingerprint density at radius 2 is 2.19 bits per heavy atom. The van der Waals surface area contributed by atoms with Crippen molar-refractivity contribution in [1.82, 2.24) is 4.31 Å². The number of rotatable bonds is 5. The third-order valence-electron chi connectivity index (χ3n) is 2.56. The van der Waals surface area contributed by atoms with E-state index < -0.39 is 15.3 Å². The monoisotopic (exact) mass is 247 g/mol. The second kappa shape index (κ2) is 4.99. The highest BCUT2D eigenvalue weighted by Crippen LogP contribution is 2.15. The predicted molar refractivity (Wildman–Crippen MR) is 60.4 cm³/mol. The van der Waals surface area contributed by atoms with Gasteiger partial charge in [0.05, 0.1) is 18.1 Å². The maximum atomic E-state index is 11.8. The zero-order chi connectivity index (χ0) is 12.3. The molecule has 1 N–H and O–H groups in total. The van der Waals surface area contributed by atoms with Crippen LogP contribution in [0.4, 0.5) is 0 Å². The van der Waals surface area contributed by atoms with Crippen LogP contribution in [0.1, 0.15) is 18.2 Å². The van der Waals surface area contributed by atoms with Gasteiger partial charge in [-0.05, 0) is 19.9 Å². The van der Waals surface area contributed by atoms with Crippen LogP contribution in [0.2, 0.25) is 0 Å². The molecule has 0 bridgehead atoms. The van der Waals surface area contributed by atoms with Crippen LogP contribution in [0.3, 0.4) is 0 Å². The van der Waals surface area contributed by atoms with E-state index in [1.165, 1.54) is 24.5 Å². The smallest absolute Gasteiger partial charge is 0.219 e. The molecule has 1 rings (SSSR count). The van der Waals surface area contributed by atoms with Gasteiger partial charge in [0.1, 0.15) is 5.76 Å². The fourth-order valence-electron chi connectivity index (χ4n) is 1.31. The van der Waals surface area contributed by atoms with Crippen molar-refractivity contribution in [3.8, 4) is 0 Å². The first-order valence-electron chi connectivity index (χ1n) is 4.98. The highest BCUT2D eigenvalue weighted by molar-refractivity contribution is 7.89. The van der Waals surface area contributed by atoms with Crippen molar-refractivity contribution in [3.05, 3.63) is 23.7 Å². The van der Waals surface area contributed by atoms with Crippen molar-refractivity contribution in [2.45, 2.75) is 25.6 Å². The van der Waals surface area contributed by atoms with Crippen molar-refractivity contribution in [2.75, 3.05) is 13.7 Å². The maximum Gasteiger partial charge on any atom is 0.219 e. The molecular formula is C10H17NO4S. The average molecular weight is 247 g/mol. The molecule has 16 heavy (non-hydrogen) atoms. The van der Waals surface area contributed by atoms with Gasteiger partial charge >= 0.3 is 0 Å². The normalized spacial score (nSPS) is 14.3. The fraction of sp³-hybridized carbons (Fsp3) is 0.600. The highest BCUT2D eigenvalue weighted by Gasteiger charge is 2.25. The molecule has 1 atom stereocenters. The summed E-state index contributed by atoms with van der Waals surface area (Å²) in [5, 5.41) is 8.09. The summed E-state index contributed by atoms with van der Waals surface area (Å²) in [4.78, 5) is 0. The minimum absolute atomic E-state index is 0.259. The zero-order valence-corrected chi connectivity index (χ0v) is 10.5. The summed E-state index contributed by atoms with van der Waals surface area (Å²) in [6, 6.07) is 1.74. The third kappa shape index (κ3) is 2.63. The van der Waals surface area contributed by atoms with Gasteiger partial charge in [-0.1, -0.05) is 0 Å². The Balaban J connectivity index is 2.80. The van der Waals surface area contributed by atoms with Crippen molar-refractivity contribution in [3.63, 3.8) is 0 Å².